The largest absolute Gasteiger partial charge is 0.325 e. The average molecular weight is 276 g/mol. The number of hydrogen-bond donors (Lipinski definition) is 1. The molecule has 2 atom stereocenters. The first-order chi connectivity index (χ1) is 8.93. The number of carbonyl (C=O) groups excluding carboxylic acids is 1. The normalized spacial score (nSPS) is 13.7. The highest BCUT2D eigenvalue weighted by molar-refractivity contribution is 8.01. The molecule has 0 fully saturated rings. The lowest BCUT2D eigenvalue weighted by Crippen LogP contribution is -2.25. The minimum Gasteiger partial charge on any atom is -0.325 e. The van der Waals surface area contributed by atoms with Crippen LogP contribution in [0.2, 0.25) is 0 Å². The van der Waals surface area contributed by atoms with Crippen molar-refractivity contribution in [3.63, 3.8) is 0 Å². The van der Waals surface area contributed by atoms with Crippen molar-refractivity contribution in [2.45, 2.75) is 38.2 Å². The van der Waals surface area contributed by atoms with Crippen molar-refractivity contribution in [1.29, 1.82) is 5.26 Å². The van der Waals surface area contributed by atoms with Gasteiger partial charge in [-0.2, -0.15) is 5.26 Å². The highest BCUT2D eigenvalue weighted by Crippen LogP contribution is 2.24. The Hall–Kier alpha value is -1.47. The lowest BCUT2D eigenvalue weighted by molar-refractivity contribution is -0.115. The molecule has 0 spiro atoms. The minimum absolute atomic E-state index is 0.00204. The van der Waals surface area contributed by atoms with E-state index in [1.807, 2.05) is 6.92 Å². The van der Waals surface area contributed by atoms with E-state index in [2.05, 4.69) is 32.2 Å². The molecule has 1 N–H and O–H groups in total. The fourth-order valence-corrected chi connectivity index (χ4v) is 2.55. The molecule has 0 aliphatic carbocycles. The standard InChI is InChI=1S/C15H20N2OS/c1-10(2)11(3)19-12(4)15(18)17-14-7-5-13(9-16)6-8-14/h5-8,10-12H,1-4H3,(H,17,18). The third-order valence-corrected chi connectivity index (χ3v) is 4.60. The minimum atomic E-state index is -0.0898. The number of hydrogen-bond acceptors (Lipinski definition) is 3. The van der Waals surface area contributed by atoms with E-state index in [9.17, 15) is 4.79 Å². The van der Waals surface area contributed by atoms with Crippen LogP contribution in [0.1, 0.15) is 33.3 Å². The van der Waals surface area contributed by atoms with Gasteiger partial charge in [-0.05, 0) is 37.1 Å². The van der Waals surface area contributed by atoms with Crippen molar-refractivity contribution in [3.8, 4) is 6.07 Å². The molecule has 0 aliphatic rings. The summed E-state index contributed by atoms with van der Waals surface area (Å²) in [6.45, 7) is 8.37. The van der Waals surface area contributed by atoms with E-state index in [0.717, 1.165) is 5.69 Å². The van der Waals surface area contributed by atoms with Crippen LogP contribution in [0.3, 0.4) is 0 Å². The van der Waals surface area contributed by atoms with Gasteiger partial charge in [0.15, 0.2) is 0 Å². The quantitative estimate of drug-likeness (QED) is 0.893. The van der Waals surface area contributed by atoms with Gasteiger partial charge in [-0.15, -0.1) is 11.8 Å². The first-order valence-corrected chi connectivity index (χ1v) is 7.34. The molecular weight excluding hydrogens is 256 g/mol. The van der Waals surface area contributed by atoms with Crippen LogP contribution in [0.5, 0.6) is 0 Å². The second kappa shape index (κ2) is 7.20. The van der Waals surface area contributed by atoms with E-state index in [1.54, 1.807) is 36.0 Å². The number of thioether (sulfide) groups is 1. The summed E-state index contributed by atoms with van der Waals surface area (Å²) in [5.41, 5.74) is 1.32. The molecule has 1 aromatic carbocycles. The molecule has 3 nitrogen and oxygen atoms in total. The van der Waals surface area contributed by atoms with Gasteiger partial charge in [-0.1, -0.05) is 20.8 Å². The van der Waals surface area contributed by atoms with Crippen molar-refractivity contribution < 1.29 is 4.79 Å². The van der Waals surface area contributed by atoms with Crippen LogP contribution in [-0.4, -0.2) is 16.4 Å². The fraction of sp³-hybridized carbons (Fsp3) is 0.467. The van der Waals surface area contributed by atoms with E-state index in [-0.39, 0.29) is 11.2 Å². The van der Waals surface area contributed by atoms with Gasteiger partial charge in [0, 0.05) is 10.9 Å². The first-order valence-electron chi connectivity index (χ1n) is 6.40. The molecule has 0 saturated heterocycles. The third kappa shape index (κ3) is 4.96. The Kier molecular flexibility index (Phi) is 5.91. The molecule has 0 aromatic heterocycles. The molecule has 2 unspecified atom stereocenters. The maximum atomic E-state index is 12.0. The molecule has 102 valence electrons. The monoisotopic (exact) mass is 276 g/mol. The summed E-state index contributed by atoms with van der Waals surface area (Å²) in [5.74, 6) is 0.553. The van der Waals surface area contributed by atoms with E-state index >= 15 is 0 Å². The Labute approximate surface area is 119 Å². The third-order valence-electron chi connectivity index (χ3n) is 3.01. The van der Waals surface area contributed by atoms with Gasteiger partial charge >= 0.3 is 0 Å². The second-order valence-corrected chi connectivity index (χ2v) is 6.63. The van der Waals surface area contributed by atoms with Crippen LogP contribution in [0.25, 0.3) is 0 Å². The zero-order valence-electron chi connectivity index (χ0n) is 11.8. The molecule has 0 bridgehead atoms. The van der Waals surface area contributed by atoms with E-state index in [0.29, 0.717) is 16.7 Å². The number of carbonyl (C=O) groups is 1. The fourth-order valence-electron chi connectivity index (χ4n) is 1.41. The lowest BCUT2D eigenvalue weighted by Gasteiger charge is -2.19. The van der Waals surface area contributed by atoms with Gasteiger partial charge in [-0.3, -0.25) is 4.79 Å². The number of benzene rings is 1. The number of amides is 1. The van der Waals surface area contributed by atoms with Gasteiger partial charge < -0.3 is 5.32 Å². The second-order valence-electron chi connectivity index (χ2n) is 4.91. The number of nitriles is 1. The average Bonchev–Trinajstić information content (AvgIpc) is 2.39. The predicted molar refractivity (Wildman–Crippen MR) is 81.1 cm³/mol. The molecule has 19 heavy (non-hydrogen) atoms. The molecule has 0 radical (unpaired) electrons. The van der Waals surface area contributed by atoms with Crippen LogP contribution in [0.4, 0.5) is 5.69 Å². The summed E-state index contributed by atoms with van der Waals surface area (Å²) in [5, 5.41) is 11.9. The number of rotatable bonds is 5. The maximum absolute atomic E-state index is 12.0. The summed E-state index contributed by atoms with van der Waals surface area (Å²) in [6, 6.07) is 8.95. The summed E-state index contributed by atoms with van der Waals surface area (Å²) in [7, 11) is 0. The molecule has 0 saturated carbocycles. The molecule has 0 heterocycles. The molecular formula is C15H20N2OS. The van der Waals surface area contributed by atoms with E-state index in [1.165, 1.54) is 0 Å². The van der Waals surface area contributed by atoms with Gasteiger partial charge in [0.25, 0.3) is 0 Å². The summed E-state index contributed by atoms with van der Waals surface area (Å²) < 4.78 is 0. The topological polar surface area (TPSA) is 52.9 Å². The Bertz CT molecular complexity index is 462. The van der Waals surface area contributed by atoms with Crippen molar-refractivity contribution in [2.24, 2.45) is 5.92 Å². The van der Waals surface area contributed by atoms with Gasteiger partial charge in [0.2, 0.25) is 5.91 Å². The zero-order valence-corrected chi connectivity index (χ0v) is 12.6. The van der Waals surface area contributed by atoms with Crippen LogP contribution >= 0.6 is 11.8 Å². The molecule has 1 amide bonds. The Morgan fingerprint density at radius 3 is 2.26 bits per heavy atom. The Morgan fingerprint density at radius 2 is 1.79 bits per heavy atom. The predicted octanol–water partition coefficient (Wildman–Crippen LogP) is 3.66. The summed E-state index contributed by atoms with van der Waals surface area (Å²) in [6.07, 6.45) is 0. The van der Waals surface area contributed by atoms with Crippen LogP contribution < -0.4 is 5.32 Å². The summed E-state index contributed by atoms with van der Waals surface area (Å²) >= 11 is 1.68. The van der Waals surface area contributed by atoms with Crippen LogP contribution in [0.15, 0.2) is 24.3 Å². The first kappa shape index (κ1) is 15.6. The smallest absolute Gasteiger partial charge is 0.237 e. The van der Waals surface area contributed by atoms with Crippen molar-refractivity contribution >= 4 is 23.4 Å². The molecule has 4 heteroatoms. The van der Waals surface area contributed by atoms with Gasteiger partial charge in [0.1, 0.15) is 0 Å². The molecule has 1 aromatic rings. The molecule has 1 rings (SSSR count). The van der Waals surface area contributed by atoms with Crippen LogP contribution in [0, 0.1) is 17.2 Å². The van der Waals surface area contributed by atoms with Crippen molar-refractivity contribution in [2.75, 3.05) is 5.32 Å². The van der Waals surface area contributed by atoms with Crippen LogP contribution in [-0.2, 0) is 4.79 Å². The van der Waals surface area contributed by atoms with E-state index in [4.69, 9.17) is 5.26 Å². The number of nitrogens with zero attached hydrogens (tertiary/aromatic N) is 1. The van der Waals surface area contributed by atoms with Gasteiger partial charge in [0.05, 0.1) is 16.9 Å². The zero-order chi connectivity index (χ0) is 14.4. The SMILES string of the molecule is CC(SC(C)C(C)C)C(=O)Nc1ccc(C#N)cc1. The van der Waals surface area contributed by atoms with Crippen molar-refractivity contribution in [3.05, 3.63) is 29.8 Å². The van der Waals surface area contributed by atoms with Crippen molar-refractivity contribution in [1.82, 2.24) is 0 Å². The highest BCUT2D eigenvalue weighted by atomic mass is 32.2. The van der Waals surface area contributed by atoms with Gasteiger partial charge in [-0.25, -0.2) is 0 Å². The highest BCUT2D eigenvalue weighted by Gasteiger charge is 2.18. The number of anilines is 1. The Balaban J connectivity index is 2.56. The Morgan fingerprint density at radius 1 is 1.21 bits per heavy atom. The maximum Gasteiger partial charge on any atom is 0.237 e. The molecule has 0 aliphatic heterocycles. The van der Waals surface area contributed by atoms with E-state index < -0.39 is 0 Å². The number of nitrogens with one attached hydrogen (secondary N) is 1. The summed E-state index contributed by atoms with van der Waals surface area (Å²) in [4.78, 5) is 12.0. The lowest BCUT2D eigenvalue weighted by atomic mass is 10.2.